The summed E-state index contributed by atoms with van der Waals surface area (Å²) in [5.74, 6) is 0. The lowest BCUT2D eigenvalue weighted by Crippen LogP contribution is -1.81. The molecule has 2 aromatic rings. The third kappa shape index (κ3) is 0.996. The Balaban J connectivity index is 2.88. The second-order valence-electron chi connectivity index (χ2n) is 2.60. The van der Waals surface area contributed by atoms with E-state index in [9.17, 15) is 4.79 Å². The molecular weight excluding hydrogens is 148 g/mol. The van der Waals surface area contributed by atoms with Crippen LogP contribution in [0.2, 0.25) is 0 Å². The van der Waals surface area contributed by atoms with E-state index in [1.54, 1.807) is 0 Å². The molecular formula is C11H7O. The molecule has 0 N–H and O–H groups in total. The van der Waals surface area contributed by atoms with Crippen molar-refractivity contribution in [2.75, 3.05) is 0 Å². The van der Waals surface area contributed by atoms with Gasteiger partial charge >= 0.3 is 0 Å². The van der Waals surface area contributed by atoms with Crippen molar-refractivity contribution in [1.29, 1.82) is 0 Å². The van der Waals surface area contributed by atoms with Crippen molar-refractivity contribution in [2.45, 2.75) is 0 Å². The molecule has 0 fully saturated rings. The smallest absolute Gasteiger partial charge is 0.150 e. The highest BCUT2D eigenvalue weighted by Crippen LogP contribution is 2.15. The van der Waals surface area contributed by atoms with Gasteiger partial charge in [-0.25, -0.2) is 0 Å². The number of carbonyl (C=O) groups is 1. The minimum atomic E-state index is 0.726. The van der Waals surface area contributed by atoms with Crippen LogP contribution in [0.15, 0.2) is 36.4 Å². The first kappa shape index (κ1) is 7.04. The molecule has 0 aliphatic rings. The van der Waals surface area contributed by atoms with Gasteiger partial charge in [0.1, 0.15) is 0 Å². The molecule has 2 aromatic carbocycles. The largest absolute Gasteiger partial charge is 0.298 e. The highest BCUT2D eigenvalue weighted by atomic mass is 16.1. The van der Waals surface area contributed by atoms with Crippen LogP contribution in [-0.2, 0) is 0 Å². The number of benzene rings is 2. The predicted octanol–water partition coefficient (Wildman–Crippen LogP) is 2.45. The van der Waals surface area contributed by atoms with Gasteiger partial charge in [0.2, 0.25) is 0 Å². The molecule has 0 aromatic heterocycles. The van der Waals surface area contributed by atoms with Crippen LogP contribution < -0.4 is 0 Å². The van der Waals surface area contributed by atoms with Gasteiger partial charge in [-0.2, -0.15) is 0 Å². The molecule has 0 spiro atoms. The van der Waals surface area contributed by atoms with Crippen molar-refractivity contribution < 1.29 is 4.79 Å². The Morgan fingerprint density at radius 3 is 2.92 bits per heavy atom. The molecule has 1 nitrogen and oxygen atoms in total. The van der Waals surface area contributed by atoms with E-state index in [0.717, 1.165) is 22.6 Å². The molecule has 1 radical (unpaired) electrons. The Hall–Kier alpha value is -1.63. The Labute approximate surface area is 70.6 Å². The van der Waals surface area contributed by atoms with Crippen molar-refractivity contribution in [3.63, 3.8) is 0 Å². The van der Waals surface area contributed by atoms with Crippen molar-refractivity contribution in [2.24, 2.45) is 0 Å². The fourth-order valence-corrected chi connectivity index (χ4v) is 1.28. The average molecular weight is 155 g/mol. The minimum Gasteiger partial charge on any atom is -0.298 e. The lowest BCUT2D eigenvalue weighted by molar-refractivity contribution is 0.112. The Kier molecular flexibility index (Phi) is 1.63. The number of hydrogen-bond donors (Lipinski definition) is 0. The van der Waals surface area contributed by atoms with E-state index in [2.05, 4.69) is 6.07 Å². The zero-order valence-corrected chi connectivity index (χ0v) is 6.45. The standard InChI is InChI=1S/C11H7O/c12-8-10-6-3-5-9-4-1-2-7-11(9)10/h1-3,5-8H. The third-order valence-corrected chi connectivity index (χ3v) is 1.86. The van der Waals surface area contributed by atoms with Gasteiger partial charge in [-0.1, -0.05) is 36.4 Å². The summed E-state index contributed by atoms with van der Waals surface area (Å²) >= 11 is 0. The molecule has 0 unspecified atom stereocenters. The van der Waals surface area contributed by atoms with Gasteiger partial charge in [0.25, 0.3) is 0 Å². The summed E-state index contributed by atoms with van der Waals surface area (Å²) in [7, 11) is 0. The van der Waals surface area contributed by atoms with Crippen LogP contribution in [0.5, 0.6) is 0 Å². The first-order valence-electron chi connectivity index (χ1n) is 3.76. The molecule has 0 aliphatic heterocycles. The topological polar surface area (TPSA) is 17.1 Å². The van der Waals surface area contributed by atoms with Crippen LogP contribution in [0, 0.1) is 6.07 Å². The fourth-order valence-electron chi connectivity index (χ4n) is 1.28. The molecule has 0 amide bonds. The molecule has 0 bridgehead atoms. The van der Waals surface area contributed by atoms with Crippen LogP contribution in [0.25, 0.3) is 10.8 Å². The molecule has 0 saturated carbocycles. The molecule has 1 heteroatoms. The monoisotopic (exact) mass is 155 g/mol. The second-order valence-corrected chi connectivity index (χ2v) is 2.60. The molecule has 57 valence electrons. The van der Waals surface area contributed by atoms with Gasteiger partial charge in [-0.3, -0.25) is 4.79 Å². The van der Waals surface area contributed by atoms with Crippen molar-refractivity contribution in [3.05, 3.63) is 48.0 Å². The number of carbonyl (C=O) groups excluding carboxylic acids is 1. The Bertz CT molecular complexity index is 413. The fraction of sp³-hybridized carbons (Fsp3) is 0. The van der Waals surface area contributed by atoms with Gasteiger partial charge in [-0.15, -0.1) is 0 Å². The van der Waals surface area contributed by atoms with Crippen molar-refractivity contribution >= 4 is 17.1 Å². The third-order valence-electron chi connectivity index (χ3n) is 1.86. The maximum Gasteiger partial charge on any atom is 0.150 e. The summed E-state index contributed by atoms with van der Waals surface area (Å²) in [5, 5.41) is 1.96. The molecule has 0 atom stereocenters. The van der Waals surface area contributed by atoms with Gasteiger partial charge in [-0.05, 0) is 16.8 Å². The summed E-state index contributed by atoms with van der Waals surface area (Å²) in [6.45, 7) is 0. The average Bonchev–Trinajstić information content (AvgIpc) is 2.17. The summed E-state index contributed by atoms with van der Waals surface area (Å²) in [6.07, 6.45) is 0.871. The number of rotatable bonds is 1. The van der Waals surface area contributed by atoms with Crippen molar-refractivity contribution in [3.8, 4) is 0 Å². The highest BCUT2D eigenvalue weighted by molar-refractivity contribution is 5.97. The molecule has 0 heterocycles. The maximum atomic E-state index is 10.6. The van der Waals surface area contributed by atoms with Crippen LogP contribution in [-0.4, -0.2) is 6.29 Å². The van der Waals surface area contributed by atoms with E-state index in [-0.39, 0.29) is 0 Å². The summed E-state index contributed by atoms with van der Waals surface area (Å²) in [5.41, 5.74) is 0.726. The quantitative estimate of drug-likeness (QED) is 0.578. The van der Waals surface area contributed by atoms with Crippen LogP contribution in [0.4, 0.5) is 0 Å². The first-order valence-corrected chi connectivity index (χ1v) is 3.76. The van der Waals surface area contributed by atoms with E-state index in [1.807, 2.05) is 36.4 Å². The van der Waals surface area contributed by atoms with Crippen LogP contribution >= 0.6 is 0 Å². The van der Waals surface area contributed by atoms with E-state index in [4.69, 9.17) is 0 Å². The van der Waals surface area contributed by atoms with Crippen LogP contribution in [0.1, 0.15) is 10.4 Å². The molecule has 0 aliphatic carbocycles. The molecule has 2 rings (SSSR count). The molecule has 12 heavy (non-hydrogen) atoms. The zero-order valence-electron chi connectivity index (χ0n) is 6.45. The van der Waals surface area contributed by atoms with Gasteiger partial charge < -0.3 is 0 Å². The van der Waals surface area contributed by atoms with Crippen molar-refractivity contribution in [1.82, 2.24) is 0 Å². The van der Waals surface area contributed by atoms with E-state index in [0.29, 0.717) is 0 Å². The Morgan fingerprint density at radius 2 is 2.08 bits per heavy atom. The predicted molar refractivity (Wildman–Crippen MR) is 48.2 cm³/mol. The maximum absolute atomic E-state index is 10.6. The lowest BCUT2D eigenvalue weighted by atomic mass is 10.1. The summed E-state index contributed by atoms with van der Waals surface area (Å²) in [6, 6.07) is 14.3. The number of hydrogen-bond acceptors (Lipinski definition) is 1. The normalized spacial score (nSPS) is 10.0. The summed E-state index contributed by atoms with van der Waals surface area (Å²) in [4.78, 5) is 10.6. The van der Waals surface area contributed by atoms with Gasteiger partial charge in [0.05, 0.1) is 0 Å². The van der Waals surface area contributed by atoms with Gasteiger partial charge in [0, 0.05) is 5.56 Å². The summed E-state index contributed by atoms with van der Waals surface area (Å²) < 4.78 is 0. The Morgan fingerprint density at radius 1 is 1.17 bits per heavy atom. The van der Waals surface area contributed by atoms with Crippen LogP contribution in [0.3, 0.4) is 0 Å². The first-order chi connectivity index (χ1) is 5.92. The van der Waals surface area contributed by atoms with Gasteiger partial charge in [0.15, 0.2) is 6.29 Å². The second kappa shape index (κ2) is 2.78. The minimum absolute atomic E-state index is 0.726. The lowest BCUT2D eigenvalue weighted by Gasteiger charge is -1.97. The highest BCUT2D eigenvalue weighted by Gasteiger charge is 1.96. The van der Waals surface area contributed by atoms with E-state index < -0.39 is 0 Å². The van der Waals surface area contributed by atoms with E-state index >= 15 is 0 Å². The van der Waals surface area contributed by atoms with E-state index in [1.165, 1.54) is 0 Å². The zero-order chi connectivity index (χ0) is 8.39. The molecule has 0 saturated heterocycles. The SMILES string of the molecule is O=Cc1cccc2[c]cccc12. The number of fused-ring (bicyclic) bond motifs is 1. The number of aldehydes is 1.